The van der Waals surface area contributed by atoms with Gasteiger partial charge in [-0.1, -0.05) is 31.2 Å². The van der Waals surface area contributed by atoms with Crippen LogP contribution in [-0.2, 0) is 22.5 Å². The van der Waals surface area contributed by atoms with Crippen molar-refractivity contribution < 1.29 is 9.53 Å². The Morgan fingerprint density at radius 3 is 2.50 bits per heavy atom. The summed E-state index contributed by atoms with van der Waals surface area (Å²) in [7, 11) is 0. The van der Waals surface area contributed by atoms with E-state index in [0.717, 1.165) is 25.8 Å². The fourth-order valence-corrected chi connectivity index (χ4v) is 2.76. The molecule has 1 saturated heterocycles. The fraction of sp³-hybridized carbons (Fsp3) is 0.588. The molecule has 1 N–H and O–H groups in total. The SMILES string of the molecule is CCc1ccc(CN(C(=O)C2CNCCO2)C2CC2)cc1.Cl. The summed E-state index contributed by atoms with van der Waals surface area (Å²) < 4.78 is 5.62. The van der Waals surface area contributed by atoms with E-state index in [1.807, 2.05) is 4.90 Å². The van der Waals surface area contributed by atoms with Crippen molar-refractivity contribution in [3.8, 4) is 0 Å². The molecule has 0 radical (unpaired) electrons. The van der Waals surface area contributed by atoms with Gasteiger partial charge in [-0.05, 0) is 30.4 Å². The number of morpholine rings is 1. The summed E-state index contributed by atoms with van der Waals surface area (Å²) in [6.45, 7) is 4.96. The maximum atomic E-state index is 12.7. The van der Waals surface area contributed by atoms with E-state index in [2.05, 4.69) is 36.5 Å². The van der Waals surface area contributed by atoms with Gasteiger partial charge in [0.2, 0.25) is 0 Å². The van der Waals surface area contributed by atoms with Crippen molar-refractivity contribution >= 4 is 18.3 Å². The summed E-state index contributed by atoms with van der Waals surface area (Å²) in [4.78, 5) is 14.7. The highest BCUT2D eigenvalue weighted by atomic mass is 35.5. The minimum atomic E-state index is -0.311. The number of carbonyl (C=O) groups excluding carboxylic acids is 1. The Balaban J connectivity index is 0.00000176. The molecule has 1 aliphatic heterocycles. The highest BCUT2D eigenvalue weighted by Gasteiger charge is 2.36. The quantitative estimate of drug-likeness (QED) is 0.902. The summed E-state index contributed by atoms with van der Waals surface area (Å²) in [5.74, 6) is 0.143. The number of nitrogens with zero attached hydrogens (tertiary/aromatic N) is 1. The van der Waals surface area contributed by atoms with Crippen LogP contribution >= 0.6 is 12.4 Å². The molecule has 122 valence electrons. The molecule has 1 aromatic carbocycles. The van der Waals surface area contributed by atoms with Crippen LogP contribution in [0.4, 0.5) is 0 Å². The Morgan fingerprint density at radius 1 is 1.27 bits per heavy atom. The second-order valence-electron chi connectivity index (χ2n) is 5.93. The van der Waals surface area contributed by atoms with Crippen LogP contribution in [0.3, 0.4) is 0 Å². The Morgan fingerprint density at radius 2 is 1.95 bits per heavy atom. The number of ether oxygens (including phenoxy) is 1. The number of rotatable bonds is 5. The molecular weight excluding hydrogens is 300 g/mol. The van der Waals surface area contributed by atoms with E-state index in [1.54, 1.807) is 0 Å². The van der Waals surface area contributed by atoms with Gasteiger partial charge in [0, 0.05) is 25.7 Å². The molecule has 1 aromatic rings. The van der Waals surface area contributed by atoms with Crippen LogP contribution in [-0.4, -0.2) is 42.6 Å². The molecule has 2 fully saturated rings. The van der Waals surface area contributed by atoms with Crippen molar-refractivity contribution in [2.75, 3.05) is 19.7 Å². The minimum Gasteiger partial charge on any atom is -0.366 e. The van der Waals surface area contributed by atoms with Gasteiger partial charge in [0.25, 0.3) is 5.91 Å². The third kappa shape index (κ3) is 4.22. The molecule has 0 bridgehead atoms. The predicted molar refractivity (Wildman–Crippen MR) is 89.2 cm³/mol. The van der Waals surface area contributed by atoms with E-state index >= 15 is 0 Å². The number of aryl methyl sites for hydroxylation is 1. The number of hydrogen-bond donors (Lipinski definition) is 1. The zero-order valence-corrected chi connectivity index (χ0v) is 13.9. The van der Waals surface area contributed by atoms with E-state index in [1.165, 1.54) is 11.1 Å². The van der Waals surface area contributed by atoms with Crippen molar-refractivity contribution in [2.45, 2.75) is 44.9 Å². The average molecular weight is 325 g/mol. The first kappa shape index (κ1) is 17.3. The van der Waals surface area contributed by atoms with Crippen LogP contribution in [0, 0.1) is 0 Å². The lowest BCUT2D eigenvalue weighted by Crippen LogP contribution is -2.49. The van der Waals surface area contributed by atoms with Gasteiger partial charge in [0.1, 0.15) is 6.10 Å². The molecule has 0 aromatic heterocycles. The second kappa shape index (κ2) is 7.95. The lowest BCUT2D eigenvalue weighted by atomic mass is 10.1. The number of nitrogens with one attached hydrogen (secondary N) is 1. The van der Waals surface area contributed by atoms with Crippen LogP contribution < -0.4 is 5.32 Å². The van der Waals surface area contributed by atoms with E-state index in [0.29, 0.717) is 25.7 Å². The molecule has 1 atom stereocenters. The summed E-state index contributed by atoms with van der Waals surface area (Å²) in [6.07, 6.45) is 2.99. The molecule has 4 nitrogen and oxygen atoms in total. The van der Waals surface area contributed by atoms with Crippen molar-refractivity contribution in [3.63, 3.8) is 0 Å². The first-order chi connectivity index (χ1) is 10.3. The number of halogens is 1. The van der Waals surface area contributed by atoms with Crippen molar-refractivity contribution in [1.29, 1.82) is 0 Å². The Labute approximate surface area is 138 Å². The van der Waals surface area contributed by atoms with Crippen LogP contribution in [0.2, 0.25) is 0 Å². The first-order valence-corrected chi connectivity index (χ1v) is 7.98. The van der Waals surface area contributed by atoms with Crippen molar-refractivity contribution in [2.24, 2.45) is 0 Å². The third-order valence-electron chi connectivity index (χ3n) is 4.26. The van der Waals surface area contributed by atoms with Gasteiger partial charge in [-0.3, -0.25) is 4.79 Å². The van der Waals surface area contributed by atoms with Gasteiger partial charge in [-0.2, -0.15) is 0 Å². The normalized spacial score (nSPS) is 21.0. The second-order valence-corrected chi connectivity index (χ2v) is 5.93. The Hall–Kier alpha value is -1.10. The smallest absolute Gasteiger partial charge is 0.253 e. The Bertz CT molecular complexity index is 482. The van der Waals surface area contributed by atoms with E-state index in [9.17, 15) is 4.79 Å². The van der Waals surface area contributed by atoms with Gasteiger partial charge in [-0.15, -0.1) is 12.4 Å². The maximum absolute atomic E-state index is 12.7. The molecule has 1 aliphatic carbocycles. The molecule has 3 rings (SSSR count). The molecular formula is C17H25ClN2O2. The number of amides is 1. The van der Waals surface area contributed by atoms with Crippen LogP contribution in [0.5, 0.6) is 0 Å². The lowest BCUT2D eigenvalue weighted by Gasteiger charge is -2.30. The first-order valence-electron chi connectivity index (χ1n) is 7.98. The monoisotopic (exact) mass is 324 g/mol. The zero-order chi connectivity index (χ0) is 14.7. The van der Waals surface area contributed by atoms with Crippen LogP contribution in [0.1, 0.15) is 30.9 Å². The van der Waals surface area contributed by atoms with Crippen molar-refractivity contribution in [1.82, 2.24) is 10.2 Å². The highest BCUT2D eigenvalue weighted by molar-refractivity contribution is 5.85. The lowest BCUT2D eigenvalue weighted by molar-refractivity contribution is -0.146. The zero-order valence-electron chi connectivity index (χ0n) is 13.1. The van der Waals surface area contributed by atoms with Gasteiger partial charge in [0.05, 0.1) is 6.61 Å². The number of carbonyl (C=O) groups is 1. The Kier molecular flexibility index (Phi) is 6.24. The average Bonchev–Trinajstić information content (AvgIpc) is 3.38. The third-order valence-corrected chi connectivity index (χ3v) is 4.26. The summed E-state index contributed by atoms with van der Waals surface area (Å²) >= 11 is 0. The predicted octanol–water partition coefficient (Wildman–Crippen LogP) is 2.15. The topological polar surface area (TPSA) is 41.6 Å². The van der Waals surface area contributed by atoms with E-state index in [4.69, 9.17) is 4.74 Å². The largest absolute Gasteiger partial charge is 0.366 e. The molecule has 1 unspecified atom stereocenters. The molecule has 5 heteroatoms. The molecule has 1 amide bonds. The molecule has 1 saturated carbocycles. The standard InChI is InChI=1S/C17H24N2O2.ClH/c1-2-13-3-5-14(6-4-13)12-19(15-7-8-15)17(20)16-11-18-9-10-21-16;/h3-6,15-16,18H,2,7-12H2,1H3;1H. The summed E-state index contributed by atoms with van der Waals surface area (Å²) in [6, 6.07) is 9.00. The highest BCUT2D eigenvalue weighted by Crippen LogP contribution is 2.29. The maximum Gasteiger partial charge on any atom is 0.253 e. The van der Waals surface area contributed by atoms with E-state index < -0.39 is 0 Å². The number of benzene rings is 1. The number of hydrogen-bond acceptors (Lipinski definition) is 3. The van der Waals surface area contributed by atoms with E-state index in [-0.39, 0.29) is 24.4 Å². The molecule has 0 spiro atoms. The van der Waals surface area contributed by atoms with Gasteiger partial charge < -0.3 is 15.0 Å². The van der Waals surface area contributed by atoms with Gasteiger partial charge in [0.15, 0.2) is 0 Å². The summed E-state index contributed by atoms with van der Waals surface area (Å²) in [5, 5.41) is 3.24. The van der Waals surface area contributed by atoms with Gasteiger partial charge >= 0.3 is 0 Å². The van der Waals surface area contributed by atoms with Gasteiger partial charge in [-0.25, -0.2) is 0 Å². The fourth-order valence-electron chi connectivity index (χ4n) is 2.76. The molecule has 2 aliphatic rings. The van der Waals surface area contributed by atoms with Crippen molar-refractivity contribution in [3.05, 3.63) is 35.4 Å². The molecule has 22 heavy (non-hydrogen) atoms. The molecule has 1 heterocycles. The summed E-state index contributed by atoms with van der Waals surface area (Å²) in [5.41, 5.74) is 2.54. The van der Waals surface area contributed by atoms with Crippen LogP contribution in [0.15, 0.2) is 24.3 Å². The van der Waals surface area contributed by atoms with Crippen LogP contribution in [0.25, 0.3) is 0 Å². The minimum absolute atomic E-state index is 0.